The Hall–Kier alpha value is -1.53. The van der Waals surface area contributed by atoms with Gasteiger partial charge in [-0.15, -0.1) is 0 Å². The van der Waals surface area contributed by atoms with Crippen LogP contribution in [0.4, 0.5) is 4.79 Å². The maximum absolute atomic E-state index is 12.4. The first-order chi connectivity index (χ1) is 11.1. The van der Waals surface area contributed by atoms with Gasteiger partial charge in [-0.05, 0) is 44.9 Å². The highest BCUT2D eigenvalue weighted by molar-refractivity contribution is 5.74. The van der Waals surface area contributed by atoms with E-state index in [1.54, 1.807) is 18.4 Å². The minimum atomic E-state index is -0.649. The summed E-state index contributed by atoms with van der Waals surface area (Å²) in [6, 6.07) is 4.33. The van der Waals surface area contributed by atoms with Crippen LogP contribution in [0, 0.1) is 0 Å². The molecular formula is C17H27N3O3. The van der Waals surface area contributed by atoms with Gasteiger partial charge in [0.2, 0.25) is 0 Å². The molecule has 0 unspecified atom stereocenters. The molecule has 1 saturated carbocycles. The minimum Gasteiger partial charge on any atom is -0.467 e. The van der Waals surface area contributed by atoms with Gasteiger partial charge in [-0.2, -0.15) is 0 Å². The lowest BCUT2D eigenvalue weighted by Crippen LogP contribution is -2.45. The number of carbonyl (C=O) groups excluding carboxylic acids is 1. The van der Waals surface area contributed by atoms with Gasteiger partial charge in [0.1, 0.15) is 11.9 Å². The van der Waals surface area contributed by atoms with E-state index in [4.69, 9.17) is 4.42 Å². The molecule has 2 atom stereocenters. The van der Waals surface area contributed by atoms with E-state index in [0.717, 1.165) is 32.0 Å². The van der Waals surface area contributed by atoms with Crippen LogP contribution < -0.4 is 5.32 Å². The zero-order valence-corrected chi connectivity index (χ0v) is 13.8. The van der Waals surface area contributed by atoms with Gasteiger partial charge < -0.3 is 24.6 Å². The van der Waals surface area contributed by atoms with Crippen molar-refractivity contribution in [3.05, 3.63) is 24.2 Å². The number of hydrogen-bond donors (Lipinski definition) is 2. The molecule has 1 aliphatic heterocycles. The van der Waals surface area contributed by atoms with Gasteiger partial charge in [0.15, 0.2) is 0 Å². The van der Waals surface area contributed by atoms with Crippen molar-refractivity contribution in [3.63, 3.8) is 0 Å². The first-order valence-corrected chi connectivity index (χ1v) is 8.61. The maximum Gasteiger partial charge on any atom is 0.317 e. The number of aliphatic hydroxyl groups is 1. The summed E-state index contributed by atoms with van der Waals surface area (Å²) in [5, 5.41) is 13.2. The van der Waals surface area contributed by atoms with Crippen LogP contribution in [0.1, 0.15) is 44.0 Å². The summed E-state index contributed by atoms with van der Waals surface area (Å²) in [6.45, 7) is 2.33. The smallest absolute Gasteiger partial charge is 0.317 e. The van der Waals surface area contributed by atoms with Crippen molar-refractivity contribution < 1.29 is 14.3 Å². The van der Waals surface area contributed by atoms with Crippen LogP contribution in [0.25, 0.3) is 0 Å². The normalized spacial score (nSPS) is 22.6. The van der Waals surface area contributed by atoms with Gasteiger partial charge in [0.25, 0.3) is 0 Å². The molecule has 0 radical (unpaired) electrons. The Morgan fingerprint density at radius 2 is 2.35 bits per heavy atom. The van der Waals surface area contributed by atoms with Crippen LogP contribution in [0.15, 0.2) is 22.8 Å². The number of aliphatic hydroxyl groups excluding tert-OH is 1. The number of furan rings is 1. The average Bonchev–Trinajstić information content (AvgIpc) is 3.05. The van der Waals surface area contributed by atoms with E-state index in [1.807, 2.05) is 4.90 Å². The first-order valence-electron chi connectivity index (χ1n) is 8.61. The fourth-order valence-corrected chi connectivity index (χ4v) is 3.34. The van der Waals surface area contributed by atoms with E-state index in [0.29, 0.717) is 18.7 Å². The lowest BCUT2D eigenvalue weighted by molar-refractivity contribution is 0.107. The second-order valence-corrected chi connectivity index (χ2v) is 6.70. The van der Waals surface area contributed by atoms with Gasteiger partial charge >= 0.3 is 6.03 Å². The number of likely N-dealkylation sites (tertiary alicyclic amines) is 1. The van der Waals surface area contributed by atoms with Gasteiger partial charge in [0, 0.05) is 38.1 Å². The number of hydrogen-bond acceptors (Lipinski definition) is 4. The predicted octanol–water partition coefficient (Wildman–Crippen LogP) is 1.97. The Morgan fingerprint density at radius 1 is 1.52 bits per heavy atom. The summed E-state index contributed by atoms with van der Waals surface area (Å²) in [5.74, 6) is 0.573. The van der Waals surface area contributed by atoms with Crippen molar-refractivity contribution in [1.29, 1.82) is 0 Å². The summed E-state index contributed by atoms with van der Waals surface area (Å²) in [4.78, 5) is 16.6. The highest BCUT2D eigenvalue weighted by atomic mass is 16.4. The Morgan fingerprint density at radius 3 is 3.04 bits per heavy atom. The van der Waals surface area contributed by atoms with Gasteiger partial charge in [-0.3, -0.25) is 0 Å². The SMILES string of the molecule is CN(CCNC(=O)N1CCC[C@H]1C[C@@H](O)c1ccco1)C1CC1. The van der Waals surface area contributed by atoms with E-state index in [2.05, 4.69) is 17.3 Å². The molecule has 0 aromatic carbocycles. The highest BCUT2D eigenvalue weighted by Crippen LogP contribution is 2.27. The first kappa shape index (κ1) is 16.3. The summed E-state index contributed by atoms with van der Waals surface area (Å²) in [6.07, 6.45) is 5.94. The number of rotatable bonds is 7. The zero-order valence-electron chi connectivity index (χ0n) is 13.8. The van der Waals surface area contributed by atoms with Crippen LogP contribution in [-0.2, 0) is 0 Å². The molecule has 3 rings (SSSR count). The predicted molar refractivity (Wildman–Crippen MR) is 87.1 cm³/mol. The third kappa shape index (κ3) is 4.26. The van der Waals surface area contributed by atoms with Crippen LogP contribution >= 0.6 is 0 Å². The number of carbonyl (C=O) groups is 1. The fraction of sp³-hybridized carbons (Fsp3) is 0.706. The molecular weight excluding hydrogens is 294 g/mol. The Labute approximate surface area is 137 Å². The zero-order chi connectivity index (χ0) is 16.2. The summed E-state index contributed by atoms with van der Waals surface area (Å²) in [5.41, 5.74) is 0. The van der Waals surface area contributed by atoms with E-state index in [1.165, 1.54) is 12.8 Å². The molecule has 1 aliphatic carbocycles. The minimum absolute atomic E-state index is 0.0108. The topological polar surface area (TPSA) is 69.0 Å². The van der Waals surface area contributed by atoms with Crippen molar-refractivity contribution in [3.8, 4) is 0 Å². The third-order valence-electron chi connectivity index (χ3n) is 4.92. The molecule has 0 bridgehead atoms. The molecule has 2 N–H and O–H groups in total. The highest BCUT2D eigenvalue weighted by Gasteiger charge is 2.31. The van der Waals surface area contributed by atoms with Crippen LogP contribution in [-0.4, -0.2) is 59.7 Å². The van der Waals surface area contributed by atoms with E-state index >= 15 is 0 Å². The number of urea groups is 1. The number of nitrogens with zero attached hydrogens (tertiary/aromatic N) is 2. The van der Waals surface area contributed by atoms with Gasteiger partial charge in [0.05, 0.1) is 6.26 Å². The molecule has 1 saturated heterocycles. The molecule has 6 nitrogen and oxygen atoms in total. The van der Waals surface area contributed by atoms with Gasteiger partial charge in [-0.1, -0.05) is 0 Å². The van der Waals surface area contributed by atoms with E-state index in [9.17, 15) is 9.90 Å². The Bertz CT molecular complexity index is 501. The van der Waals surface area contributed by atoms with E-state index in [-0.39, 0.29) is 12.1 Å². The second-order valence-electron chi connectivity index (χ2n) is 6.70. The van der Waals surface area contributed by atoms with Gasteiger partial charge in [-0.25, -0.2) is 4.79 Å². The Balaban J connectivity index is 1.44. The van der Waals surface area contributed by atoms with Crippen molar-refractivity contribution >= 4 is 6.03 Å². The molecule has 128 valence electrons. The molecule has 2 heterocycles. The lowest BCUT2D eigenvalue weighted by atomic mass is 10.1. The largest absolute Gasteiger partial charge is 0.467 e. The van der Waals surface area contributed by atoms with Crippen molar-refractivity contribution in [2.45, 2.75) is 50.3 Å². The van der Waals surface area contributed by atoms with Crippen LogP contribution in [0.5, 0.6) is 0 Å². The van der Waals surface area contributed by atoms with E-state index < -0.39 is 6.10 Å². The number of amides is 2. The summed E-state index contributed by atoms with van der Waals surface area (Å²) in [7, 11) is 2.11. The standard InChI is InChI=1S/C17H27N3O3/c1-19(13-6-7-13)10-8-18-17(22)20-9-2-4-14(20)12-15(21)16-5-3-11-23-16/h3,5,11,13-15,21H,2,4,6-10,12H2,1H3,(H,18,22)/t14-,15+/m0/s1. The number of likely N-dealkylation sites (N-methyl/N-ethyl adjacent to an activating group) is 1. The van der Waals surface area contributed by atoms with Crippen LogP contribution in [0.3, 0.4) is 0 Å². The van der Waals surface area contributed by atoms with Crippen LogP contribution in [0.2, 0.25) is 0 Å². The molecule has 2 aliphatic rings. The van der Waals surface area contributed by atoms with Crippen molar-refractivity contribution in [2.24, 2.45) is 0 Å². The molecule has 1 aromatic heterocycles. The molecule has 0 spiro atoms. The molecule has 1 aromatic rings. The number of nitrogens with one attached hydrogen (secondary N) is 1. The Kier molecular flexibility index (Phi) is 5.23. The fourth-order valence-electron chi connectivity index (χ4n) is 3.34. The summed E-state index contributed by atoms with van der Waals surface area (Å²) >= 11 is 0. The third-order valence-corrected chi connectivity index (χ3v) is 4.92. The second kappa shape index (κ2) is 7.36. The average molecular weight is 321 g/mol. The molecule has 6 heteroatoms. The summed E-state index contributed by atoms with van der Waals surface area (Å²) < 4.78 is 5.25. The molecule has 2 amide bonds. The monoisotopic (exact) mass is 321 g/mol. The van der Waals surface area contributed by atoms with Crippen molar-refractivity contribution in [1.82, 2.24) is 15.1 Å². The quantitative estimate of drug-likeness (QED) is 0.806. The lowest BCUT2D eigenvalue weighted by Gasteiger charge is -2.27. The molecule has 23 heavy (non-hydrogen) atoms. The molecule has 2 fully saturated rings. The van der Waals surface area contributed by atoms with Crippen molar-refractivity contribution in [2.75, 3.05) is 26.7 Å². The maximum atomic E-state index is 12.4.